The third-order valence-electron chi connectivity index (χ3n) is 6.27. The van der Waals surface area contributed by atoms with E-state index >= 15 is 0 Å². The first-order valence-electron chi connectivity index (χ1n) is 12.1. The number of carbonyl (C=O) groups excluding carboxylic acids is 1. The molecule has 0 aromatic carbocycles. The van der Waals surface area contributed by atoms with Crippen LogP contribution in [0.2, 0.25) is 0 Å². The topological polar surface area (TPSA) is 85.2 Å². The summed E-state index contributed by atoms with van der Waals surface area (Å²) in [5.74, 6) is 0.759. The number of thioether (sulfide) groups is 1. The summed E-state index contributed by atoms with van der Waals surface area (Å²) in [6, 6.07) is 0.0912. The summed E-state index contributed by atoms with van der Waals surface area (Å²) in [6.07, 6.45) is 19.2. The van der Waals surface area contributed by atoms with Gasteiger partial charge in [0.2, 0.25) is 5.91 Å². The summed E-state index contributed by atoms with van der Waals surface area (Å²) < 4.78 is 0. The smallest absolute Gasteiger partial charge is 0.227 e. The van der Waals surface area contributed by atoms with Crippen LogP contribution < -0.4 is 5.32 Å². The van der Waals surface area contributed by atoms with Crippen molar-refractivity contribution in [1.29, 1.82) is 0 Å². The lowest BCUT2D eigenvalue weighted by Crippen LogP contribution is -2.38. The predicted molar refractivity (Wildman–Crippen MR) is 146 cm³/mol. The van der Waals surface area contributed by atoms with Gasteiger partial charge in [-0.1, -0.05) is 73.0 Å². The minimum Gasteiger partial charge on any atom is -0.367 e. The van der Waals surface area contributed by atoms with Gasteiger partial charge in [-0.2, -0.15) is 0 Å². The Morgan fingerprint density at radius 2 is 2.23 bits per heavy atom. The van der Waals surface area contributed by atoms with Crippen molar-refractivity contribution in [2.24, 2.45) is 16.8 Å². The van der Waals surface area contributed by atoms with Crippen molar-refractivity contribution in [2.45, 2.75) is 43.9 Å². The fourth-order valence-corrected chi connectivity index (χ4v) is 5.75. The molecule has 4 atom stereocenters. The van der Waals surface area contributed by atoms with E-state index in [4.69, 9.17) is 26.8 Å². The highest BCUT2D eigenvalue weighted by Gasteiger charge is 2.30. The molecule has 35 heavy (non-hydrogen) atoms. The lowest BCUT2D eigenvalue weighted by atomic mass is 9.87. The van der Waals surface area contributed by atoms with Crippen LogP contribution in [0.4, 0.5) is 0 Å². The first-order chi connectivity index (χ1) is 16.9. The predicted octanol–water partition coefficient (Wildman–Crippen LogP) is 3.95. The van der Waals surface area contributed by atoms with E-state index in [-0.39, 0.29) is 35.7 Å². The van der Waals surface area contributed by atoms with Crippen LogP contribution in [-0.4, -0.2) is 69.3 Å². The van der Waals surface area contributed by atoms with Crippen molar-refractivity contribution in [1.82, 2.24) is 10.2 Å². The Balaban J connectivity index is 1.72. The molecule has 2 aliphatic carbocycles. The Morgan fingerprint density at radius 1 is 1.40 bits per heavy atom. The second-order valence-electron chi connectivity index (χ2n) is 8.94. The molecular formula is C27H36ClN3O3S. The van der Waals surface area contributed by atoms with Crippen molar-refractivity contribution in [2.75, 3.05) is 25.4 Å². The van der Waals surface area contributed by atoms with E-state index in [1.807, 2.05) is 31.2 Å². The van der Waals surface area contributed by atoms with Crippen molar-refractivity contribution in [3.05, 3.63) is 72.4 Å². The molecule has 1 aliphatic heterocycles. The molecule has 4 unspecified atom stereocenters. The summed E-state index contributed by atoms with van der Waals surface area (Å²) in [5, 5.41) is 21.6. The van der Waals surface area contributed by atoms with Gasteiger partial charge in [-0.05, 0) is 43.3 Å². The molecule has 0 spiro atoms. The quantitative estimate of drug-likeness (QED) is 0.177. The molecule has 0 aromatic rings. The van der Waals surface area contributed by atoms with Gasteiger partial charge in [0.15, 0.2) is 11.5 Å². The number of hydrogen-bond acceptors (Lipinski definition) is 6. The van der Waals surface area contributed by atoms with E-state index in [9.17, 15) is 4.79 Å². The lowest BCUT2D eigenvalue weighted by molar-refractivity contribution is -0.126. The van der Waals surface area contributed by atoms with E-state index in [1.54, 1.807) is 11.8 Å². The highest BCUT2D eigenvalue weighted by molar-refractivity contribution is 8.14. The molecule has 0 radical (unpaired) electrons. The largest absolute Gasteiger partial charge is 0.367 e. The van der Waals surface area contributed by atoms with Gasteiger partial charge in [0.1, 0.15) is 0 Å². The van der Waals surface area contributed by atoms with E-state index < -0.39 is 6.29 Å². The number of amides is 1. The summed E-state index contributed by atoms with van der Waals surface area (Å²) in [5.41, 5.74) is 2.30. The Morgan fingerprint density at radius 3 is 2.89 bits per heavy atom. The van der Waals surface area contributed by atoms with Crippen molar-refractivity contribution >= 4 is 34.4 Å². The summed E-state index contributed by atoms with van der Waals surface area (Å²) in [6.45, 7) is 7.33. The van der Waals surface area contributed by atoms with Crippen LogP contribution in [0.15, 0.2) is 77.4 Å². The van der Waals surface area contributed by atoms with Gasteiger partial charge in [-0.15, -0.1) is 11.6 Å². The van der Waals surface area contributed by atoms with Gasteiger partial charge >= 0.3 is 0 Å². The molecule has 3 rings (SSSR count). The van der Waals surface area contributed by atoms with Crippen LogP contribution in [0.5, 0.6) is 0 Å². The number of aliphatic hydroxyl groups is 2. The number of allylic oxidation sites excluding steroid dienone is 6. The summed E-state index contributed by atoms with van der Waals surface area (Å²) >= 11 is 8.35. The maximum Gasteiger partial charge on any atom is 0.227 e. The molecular weight excluding hydrogens is 482 g/mol. The number of aliphatic hydroxyl groups excluding tert-OH is 1. The van der Waals surface area contributed by atoms with Crippen LogP contribution in [0.3, 0.4) is 0 Å². The molecule has 0 saturated heterocycles. The highest BCUT2D eigenvalue weighted by Crippen LogP contribution is 2.33. The number of nitrogens with one attached hydrogen (secondary N) is 1. The van der Waals surface area contributed by atoms with Gasteiger partial charge in [0, 0.05) is 18.8 Å². The second-order valence-corrected chi connectivity index (χ2v) is 10.5. The minimum atomic E-state index is -1.54. The van der Waals surface area contributed by atoms with Gasteiger partial charge in [0.05, 0.1) is 23.9 Å². The highest BCUT2D eigenvalue weighted by atomic mass is 35.5. The maximum absolute atomic E-state index is 12.3. The molecule has 0 aromatic heterocycles. The zero-order valence-corrected chi connectivity index (χ0v) is 21.8. The minimum absolute atomic E-state index is 0.00298. The second kappa shape index (κ2) is 13.9. The number of nitrogens with zero attached hydrogens (tertiary/aromatic N) is 2. The molecule has 3 aliphatic rings. The zero-order valence-electron chi connectivity index (χ0n) is 20.2. The van der Waals surface area contributed by atoms with Crippen LogP contribution in [0.25, 0.3) is 0 Å². The number of aliphatic imine (C=N–C) groups is 1. The van der Waals surface area contributed by atoms with Crippen LogP contribution >= 0.6 is 23.4 Å². The summed E-state index contributed by atoms with van der Waals surface area (Å²) in [7, 11) is 0. The van der Waals surface area contributed by atoms with E-state index in [2.05, 4.69) is 47.2 Å². The average Bonchev–Trinajstić information content (AvgIpc) is 3.35. The number of amidine groups is 1. The third kappa shape index (κ3) is 8.24. The molecule has 8 heteroatoms. The lowest BCUT2D eigenvalue weighted by Gasteiger charge is -2.30. The van der Waals surface area contributed by atoms with Crippen molar-refractivity contribution in [3.8, 4) is 0 Å². The number of carbonyl (C=O) groups is 1. The standard InChI is InChI=1S/C27H36ClN3O3S/c1-3-5-8-19(4-2)16-31(27-30-24(18-35-27)22-9-6-7-10-23(22)28)17-20-11-13-21(14-12-20)26(34)29-15-25(32)33/h3-9,11,13,20-21,23-25,32-33H,2,10,12,14-18H2,1H3,(H,29,34)/b5-3-,19-8+. The normalized spacial score (nSPS) is 26.7. The van der Waals surface area contributed by atoms with Gasteiger partial charge < -0.3 is 20.4 Å². The fourth-order valence-electron chi connectivity index (χ4n) is 4.33. The number of halogens is 1. The monoisotopic (exact) mass is 517 g/mol. The van der Waals surface area contributed by atoms with Crippen LogP contribution in [0, 0.1) is 11.8 Å². The SMILES string of the molecule is C=C/C(=C\C=C/C)CN(CC1C=CC(C(=O)NCC(O)O)CC1)C1=NC(C2=CC=CCC2Cl)CS1. The average molecular weight is 518 g/mol. The fraction of sp³-hybridized carbons (Fsp3) is 0.481. The Labute approximate surface area is 217 Å². The van der Waals surface area contributed by atoms with Crippen LogP contribution in [0.1, 0.15) is 26.2 Å². The molecule has 190 valence electrons. The molecule has 0 saturated carbocycles. The van der Waals surface area contributed by atoms with Crippen LogP contribution in [-0.2, 0) is 4.79 Å². The van der Waals surface area contributed by atoms with Gasteiger partial charge in [0.25, 0.3) is 0 Å². The maximum atomic E-state index is 12.3. The van der Waals surface area contributed by atoms with Gasteiger partial charge in [-0.25, -0.2) is 0 Å². The first-order valence-corrected chi connectivity index (χ1v) is 13.6. The Hall–Kier alpha value is -2.06. The Bertz CT molecular complexity index is 938. The van der Waals surface area contributed by atoms with Crippen molar-refractivity contribution < 1.29 is 15.0 Å². The zero-order chi connectivity index (χ0) is 25.2. The number of alkyl halides is 1. The number of hydrogen-bond donors (Lipinski definition) is 3. The Kier molecular flexibility index (Phi) is 10.9. The third-order valence-corrected chi connectivity index (χ3v) is 7.81. The summed E-state index contributed by atoms with van der Waals surface area (Å²) in [4.78, 5) is 19.7. The van der Waals surface area contributed by atoms with Gasteiger partial charge in [-0.3, -0.25) is 9.79 Å². The molecule has 0 bridgehead atoms. The molecule has 0 fully saturated rings. The molecule has 6 nitrogen and oxygen atoms in total. The van der Waals surface area contributed by atoms with E-state index in [0.717, 1.165) is 42.3 Å². The molecule has 1 amide bonds. The molecule has 3 N–H and O–H groups in total. The van der Waals surface area contributed by atoms with Crippen molar-refractivity contribution in [3.63, 3.8) is 0 Å². The number of rotatable bonds is 10. The first kappa shape index (κ1) is 27.5. The van der Waals surface area contributed by atoms with E-state index in [0.29, 0.717) is 6.54 Å². The molecule has 1 heterocycles. The van der Waals surface area contributed by atoms with E-state index in [1.165, 1.54) is 5.57 Å².